The number of carbonyl (C=O) groups excluding carboxylic acids is 1. The van der Waals surface area contributed by atoms with E-state index in [9.17, 15) is 4.79 Å². The molecule has 104 valence electrons. The fourth-order valence-electron chi connectivity index (χ4n) is 3.14. The molecule has 0 aromatic carbocycles. The summed E-state index contributed by atoms with van der Waals surface area (Å²) in [6.45, 7) is 2.33. The number of carbonyl (C=O) groups is 1. The predicted octanol–water partition coefficient (Wildman–Crippen LogP) is 4.03. The van der Waals surface area contributed by atoms with E-state index < -0.39 is 0 Å². The minimum absolute atomic E-state index is 0.306. The molecule has 0 spiro atoms. The van der Waals surface area contributed by atoms with Crippen molar-refractivity contribution in [1.29, 1.82) is 0 Å². The summed E-state index contributed by atoms with van der Waals surface area (Å²) in [7, 11) is 1.78. The van der Waals surface area contributed by atoms with E-state index in [0.29, 0.717) is 22.4 Å². The first-order valence-corrected chi connectivity index (χ1v) is 8.30. The van der Waals surface area contributed by atoms with Crippen LogP contribution in [0.15, 0.2) is 0 Å². The zero-order chi connectivity index (χ0) is 13.0. The monoisotopic (exact) mass is 270 g/mol. The van der Waals surface area contributed by atoms with Gasteiger partial charge in [-0.1, -0.05) is 18.7 Å². The SMILES string of the molecule is COC1CCC(C(=O)SC2CCC(C)CC2)CC1. The predicted molar refractivity (Wildman–Crippen MR) is 76.8 cm³/mol. The number of hydrogen-bond acceptors (Lipinski definition) is 3. The molecule has 0 amide bonds. The van der Waals surface area contributed by atoms with Crippen molar-refractivity contribution in [2.24, 2.45) is 11.8 Å². The van der Waals surface area contributed by atoms with Crippen molar-refractivity contribution in [2.75, 3.05) is 7.11 Å². The average Bonchev–Trinajstić information content (AvgIpc) is 2.41. The highest BCUT2D eigenvalue weighted by Crippen LogP contribution is 2.36. The van der Waals surface area contributed by atoms with E-state index >= 15 is 0 Å². The zero-order valence-electron chi connectivity index (χ0n) is 11.7. The van der Waals surface area contributed by atoms with Gasteiger partial charge in [0.2, 0.25) is 0 Å². The lowest BCUT2D eigenvalue weighted by molar-refractivity contribution is -0.116. The Labute approximate surface area is 115 Å². The molecule has 0 heterocycles. The van der Waals surface area contributed by atoms with Crippen molar-refractivity contribution in [3.8, 4) is 0 Å². The Morgan fingerprint density at radius 1 is 1.00 bits per heavy atom. The van der Waals surface area contributed by atoms with E-state index in [1.165, 1.54) is 25.7 Å². The molecule has 2 rings (SSSR count). The van der Waals surface area contributed by atoms with Crippen molar-refractivity contribution in [3.63, 3.8) is 0 Å². The molecule has 2 saturated carbocycles. The van der Waals surface area contributed by atoms with Gasteiger partial charge in [-0.2, -0.15) is 0 Å². The van der Waals surface area contributed by atoms with Crippen molar-refractivity contribution in [1.82, 2.24) is 0 Å². The fraction of sp³-hybridized carbons (Fsp3) is 0.933. The maximum atomic E-state index is 12.3. The van der Waals surface area contributed by atoms with Crippen LogP contribution in [0.5, 0.6) is 0 Å². The quantitative estimate of drug-likeness (QED) is 0.774. The maximum absolute atomic E-state index is 12.3. The Kier molecular flexibility index (Phi) is 5.56. The van der Waals surface area contributed by atoms with Gasteiger partial charge in [0.05, 0.1) is 6.10 Å². The van der Waals surface area contributed by atoms with Crippen LogP contribution < -0.4 is 0 Å². The van der Waals surface area contributed by atoms with E-state index in [-0.39, 0.29) is 0 Å². The molecule has 3 heteroatoms. The Balaban J connectivity index is 1.72. The number of thioether (sulfide) groups is 1. The lowest BCUT2D eigenvalue weighted by Crippen LogP contribution is -2.26. The lowest BCUT2D eigenvalue weighted by atomic mass is 9.88. The minimum atomic E-state index is 0.306. The Morgan fingerprint density at radius 2 is 1.61 bits per heavy atom. The van der Waals surface area contributed by atoms with Gasteiger partial charge < -0.3 is 4.74 Å². The summed E-state index contributed by atoms with van der Waals surface area (Å²) in [6.07, 6.45) is 9.69. The highest BCUT2D eigenvalue weighted by molar-refractivity contribution is 8.14. The third-order valence-corrected chi connectivity index (χ3v) is 5.96. The first-order chi connectivity index (χ1) is 8.69. The van der Waals surface area contributed by atoms with Crippen molar-refractivity contribution in [2.45, 2.75) is 69.6 Å². The van der Waals surface area contributed by atoms with Gasteiger partial charge >= 0.3 is 0 Å². The first kappa shape index (κ1) is 14.4. The van der Waals surface area contributed by atoms with Gasteiger partial charge in [-0.15, -0.1) is 0 Å². The van der Waals surface area contributed by atoms with E-state index in [1.54, 1.807) is 18.9 Å². The van der Waals surface area contributed by atoms with Crippen LogP contribution in [-0.4, -0.2) is 23.6 Å². The van der Waals surface area contributed by atoms with Crippen LogP contribution in [0.25, 0.3) is 0 Å². The largest absolute Gasteiger partial charge is 0.381 e. The summed E-state index contributed by atoms with van der Waals surface area (Å²) < 4.78 is 5.36. The molecule has 0 aromatic rings. The zero-order valence-corrected chi connectivity index (χ0v) is 12.5. The molecule has 0 N–H and O–H groups in total. The van der Waals surface area contributed by atoms with Crippen molar-refractivity contribution >= 4 is 16.9 Å². The second kappa shape index (κ2) is 6.95. The second-order valence-electron chi connectivity index (χ2n) is 6.03. The van der Waals surface area contributed by atoms with Crippen LogP contribution >= 0.6 is 11.8 Å². The summed E-state index contributed by atoms with van der Waals surface area (Å²) in [6, 6.07) is 0. The molecule has 2 aliphatic rings. The third-order valence-electron chi connectivity index (χ3n) is 4.59. The van der Waals surface area contributed by atoms with Crippen LogP contribution in [-0.2, 0) is 9.53 Å². The molecule has 0 aliphatic heterocycles. The molecular weight excluding hydrogens is 244 g/mol. The second-order valence-corrected chi connectivity index (χ2v) is 7.33. The lowest BCUT2D eigenvalue weighted by Gasteiger charge is -2.29. The highest BCUT2D eigenvalue weighted by Gasteiger charge is 2.29. The number of rotatable bonds is 3. The van der Waals surface area contributed by atoms with E-state index in [2.05, 4.69) is 6.92 Å². The first-order valence-electron chi connectivity index (χ1n) is 7.42. The molecule has 2 nitrogen and oxygen atoms in total. The molecule has 0 atom stereocenters. The van der Waals surface area contributed by atoms with Crippen molar-refractivity contribution < 1.29 is 9.53 Å². The number of methoxy groups -OCH3 is 1. The normalized spacial score (nSPS) is 37.4. The van der Waals surface area contributed by atoms with E-state index in [0.717, 1.165) is 31.6 Å². The van der Waals surface area contributed by atoms with Gasteiger partial charge in [0.15, 0.2) is 5.12 Å². The third kappa shape index (κ3) is 3.99. The van der Waals surface area contributed by atoms with Gasteiger partial charge in [0.1, 0.15) is 0 Å². The summed E-state index contributed by atoms with van der Waals surface area (Å²) in [4.78, 5) is 12.3. The van der Waals surface area contributed by atoms with Crippen LogP contribution in [0.4, 0.5) is 0 Å². The minimum Gasteiger partial charge on any atom is -0.381 e. The number of hydrogen-bond donors (Lipinski definition) is 0. The maximum Gasteiger partial charge on any atom is 0.192 e. The Morgan fingerprint density at radius 3 is 2.17 bits per heavy atom. The highest BCUT2D eigenvalue weighted by atomic mass is 32.2. The molecule has 18 heavy (non-hydrogen) atoms. The molecule has 0 aromatic heterocycles. The molecule has 0 unspecified atom stereocenters. The van der Waals surface area contributed by atoms with E-state index in [4.69, 9.17) is 4.74 Å². The summed E-state index contributed by atoms with van der Waals surface area (Å²) in [5.41, 5.74) is 0. The van der Waals surface area contributed by atoms with Gasteiger partial charge in [-0.05, 0) is 57.3 Å². The number of ether oxygens (including phenoxy) is 1. The standard InChI is InChI=1S/C15H26O2S/c1-11-3-9-14(10-4-11)18-15(16)12-5-7-13(17-2)8-6-12/h11-14H,3-10H2,1-2H3. The summed E-state index contributed by atoms with van der Waals surface area (Å²) >= 11 is 1.66. The Bertz CT molecular complexity index is 264. The van der Waals surface area contributed by atoms with Gasteiger partial charge in [0.25, 0.3) is 0 Å². The van der Waals surface area contributed by atoms with Crippen molar-refractivity contribution in [3.05, 3.63) is 0 Å². The van der Waals surface area contributed by atoms with Crippen LogP contribution in [0, 0.1) is 11.8 Å². The average molecular weight is 270 g/mol. The van der Waals surface area contributed by atoms with Gasteiger partial charge in [-0.25, -0.2) is 0 Å². The van der Waals surface area contributed by atoms with Crippen LogP contribution in [0.2, 0.25) is 0 Å². The smallest absolute Gasteiger partial charge is 0.192 e. The molecule has 0 bridgehead atoms. The molecule has 0 saturated heterocycles. The fourth-order valence-corrected chi connectivity index (χ4v) is 4.41. The van der Waals surface area contributed by atoms with Crippen LogP contribution in [0.3, 0.4) is 0 Å². The molecule has 0 radical (unpaired) electrons. The Hall–Kier alpha value is -0.0200. The molecule has 2 fully saturated rings. The van der Waals surface area contributed by atoms with Gasteiger partial charge in [0, 0.05) is 18.3 Å². The molecular formula is C15H26O2S. The van der Waals surface area contributed by atoms with E-state index in [1.807, 2.05) is 0 Å². The summed E-state index contributed by atoms with van der Waals surface area (Å²) in [5, 5.41) is 1.07. The van der Waals surface area contributed by atoms with Crippen LogP contribution in [0.1, 0.15) is 58.3 Å². The topological polar surface area (TPSA) is 26.3 Å². The summed E-state index contributed by atoms with van der Waals surface area (Å²) in [5.74, 6) is 1.18. The molecule has 2 aliphatic carbocycles. The van der Waals surface area contributed by atoms with Gasteiger partial charge in [-0.3, -0.25) is 4.79 Å².